The maximum absolute atomic E-state index is 10.8. The van der Waals surface area contributed by atoms with Crippen LogP contribution in [0.3, 0.4) is 0 Å². The van der Waals surface area contributed by atoms with E-state index < -0.39 is 5.97 Å². The van der Waals surface area contributed by atoms with Gasteiger partial charge in [-0.1, -0.05) is 0 Å². The van der Waals surface area contributed by atoms with Crippen LogP contribution in [0.25, 0.3) is 0 Å². The third kappa shape index (κ3) is 2.47. The molecule has 6 nitrogen and oxygen atoms in total. The summed E-state index contributed by atoms with van der Waals surface area (Å²) in [5.74, 6) is -1.10. The van der Waals surface area contributed by atoms with Crippen LogP contribution >= 0.6 is 11.3 Å². The summed E-state index contributed by atoms with van der Waals surface area (Å²) in [6.07, 6.45) is 0. The van der Waals surface area contributed by atoms with E-state index in [4.69, 9.17) is 15.6 Å². The highest BCUT2D eigenvalue weighted by Gasteiger charge is 2.17. The molecule has 0 atom stereocenters. The lowest BCUT2D eigenvalue weighted by atomic mass is 10.4. The number of aryl methyl sites for hydroxylation is 1. The zero-order chi connectivity index (χ0) is 12.1. The van der Waals surface area contributed by atoms with Crippen molar-refractivity contribution >= 4 is 22.4 Å². The molecular formula is C9H8N4O2S. The number of aromatic carboxylic acids is 1. The van der Waals surface area contributed by atoms with Gasteiger partial charge in [0.25, 0.3) is 0 Å². The zero-order valence-corrected chi connectivity index (χ0v) is 9.28. The van der Waals surface area contributed by atoms with Gasteiger partial charge in [-0.05, 0) is 6.92 Å². The molecule has 0 aliphatic heterocycles. The molecule has 0 bridgehead atoms. The molecule has 1 rings (SSSR count). The van der Waals surface area contributed by atoms with Crippen molar-refractivity contribution in [1.82, 2.24) is 4.98 Å². The van der Waals surface area contributed by atoms with E-state index in [-0.39, 0.29) is 18.8 Å². The first kappa shape index (κ1) is 12.0. The monoisotopic (exact) mass is 236 g/mol. The highest BCUT2D eigenvalue weighted by Crippen LogP contribution is 2.25. The van der Waals surface area contributed by atoms with Gasteiger partial charge in [0.05, 0.1) is 12.1 Å². The smallest absolute Gasteiger partial charge is 0.355 e. The van der Waals surface area contributed by atoms with Gasteiger partial charge < -0.3 is 10.0 Å². The summed E-state index contributed by atoms with van der Waals surface area (Å²) >= 11 is 1.16. The van der Waals surface area contributed by atoms with Gasteiger partial charge in [0.2, 0.25) is 0 Å². The van der Waals surface area contributed by atoms with Crippen LogP contribution in [-0.4, -0.2) is 29.1 Å². The second-order valence-electron chi connectivity index (χ2n) is 2.88. The Kier molecular flexibility index (Phi) is 3.81. The molecule has 0 amide bonds. The van der Waals surface area contributed by atoms with Gasteiger partial charge in [0, 0.05) is 4.88 Å². The van der Waals surface area contributed by atoms with Gasteiger partial charge in [0.1, 0.15) is 13.1 Å². The Morgan fingerprint density at radius 1 is 1.50 bits per heavy atom. The Balaban J connectivity index is 3.03. The topological polar surface area (TPSA) is 101 Å². The van der Waals surface area contributed by atoms with Crippen molar-refractivity contribution in [2.75, 3.05) is 18.0 Å². The van der Waals surface area contributed by atoms with Gasteiger partial charge in [0.15, 0.2) is 10.8 Å². The predicted octanol–water partition coefficient (Wildman–Crippen LogP) is 1.00. The molecule has 7 heteroatoms. The molecule has 0 spiro atoms. The molecular weight excluding hydrogens is 228 g/mol. The highest BCUT2D eigenvalue weighted by molar-refractivity contribution is 7.15. The maximum Gasteiger partial charge on any atom is 0.355 e. The van der Waals surface area contributed by atoms with Crippen molar-refractivity contribution in [2.45, 2.75) is 6.92 Å². The first-order valence-electron chi connectivity index (χ1n) is 4.29. The fraction of sp³-hybridized carbons (Fsp3) is 0.333. The summed E-state index contributed by atoms with van der Waals surface area (Å²) < 4.78 is 0. The second-order valence-corrected chi connectivity index (χ2v) is 4.06. The third-order valence-corrected chi connectivity index (χ3v) is 2.81. The molecule has 0 radical (unpaired) electrons. The summed E-state index contributed by atoms with van der Waals surface area (Å²) in [5, 5.41) is 26.3. The lowest BCUT2D eigenvalue weighted by Crippen LogP contribution is -2.23. The number of carbonyl (C=O) groups is 1. The molecule has 0 aliphatic rings. The molecule has 16 heavy (non-hydrogen) atoms. The van der Waals surface area contributed by atoms with E-state index in [1.165, 1.54) is 4.90 Å². The molecule has 0 saturated carbocycles. The fourth-order valence-electron chi connectivity index (χ4n) is 1.08. The lowest BCUT2D eigenvalue weighted by molar-refractivity contribution is 0.0690. The van der Waals surface area contributed by atoms with E-state index in [0.29, 0.717) is 10.0 Å². The van der Waals surface area contributed by atoms with E-state index >= 15 is 0 Å². The number of nitriles is 2. The van der Waals surface area contributed by atoms with Crippen molar-refractivity contribution in [3.63, 3.8) is 0 Å². The first-order valence-corrected chi connectivity index (χ1v) is 5.11. The molecule has 1 N–H and O–H groups in total. The van der Waals surface area contributed by atoms with E-state index in [1.807, 2.05) is 12.1 Å². The number of rotatable bonds is 4. The number of thiazole rings is 1. The minimum absolute atomic E-state index is 0.0135. The number of carboxylic acids is 1. The average Bonchev–Trinajstić information content (AvgIpc) is 2.60. The van der Waals surface area contributed by atoms with Crippen LogP contribution in [0.15, 0.2) is 0 Å². The van der Waals surface area contributed by atoms with Crippen LogP contribution in [-0.2, 0) is 0 Å². The Labute approximate surface area is 96.0 Å². The standard InChI is InChI=1S/C9H8N4O2S/c1-6-7(8(14)15)12-9(16-6)13(4-2-10)5-3-11/h4-5H2,1H3,(H,14,15). The largest absolute Gasteiger partial charge is 0.476 e. The SMILES string of the molecule is Cc1sc(N(CC#N)CC#N)nc1C(=O)O. The number of nitrogens with zero attached hydrogens (tertiary/aromatic N) is 4. The van der Waals surface area contributed by atoms with E-state index in [9.17, 15) is 4.79 Å². The Morgan fingerprint density at radius 3 is 2.44 bits per heavy atom. The summed E-state index contributed by atoms with van der Waals surface area (Å²) in [6, 6.07) is 3.81. The molecule has 0 aliphatic carbocycles. The third-order valence-electron chi connectivity index (χ3n) is 1.78. The van der Waals surface area contributed by atoms with Gasteiger partial charge >= 0.3 is 5.97 Å². The lowest BCUT2D eigenvalue weighted by Gasteiger charge is -2.12. The van der Waals surface area contributed by atoms with E-state index in [1.54, 1.807) is 6.92 Å². The van der Waals surface area contributed by atoms with E-state index in [2.05, 4.69) is 4.98 Å². The Bertz CT molecular complexity index is 467. The van der Waals surface area contributed by atoms with Crippen molar-refractivity contribution in [2.24, 2.45) is 0 Å². The number of aromatic nitrogens is 1. The minimum Gasteiger partial charge on any atom is -0.476 e. The van der Waals surface area contributed by atoms with Gasteiger partial charge in [-0.3, -0.25) is 0 Å². The number of carboxylic acid groups (broad SMARTS) is 1. The molecule has 1 aromatic rings. The van der Waals surface area contributed by atoms with Crippen LogP contribution < -0.4 is 4.90 Å². The van der Waals surface area contributed by atoms with Crippen LogP contribution in [0, 0.1) is 29.6 Å². The minimum atomic E-state index is -1.10. The second kappa shape index (κ2) is 5.10. The first-order chi connectivity index (χ1) is 7.60. The van der Waals surface area contributed by atoms with Gasteiger partial charge in [-0.25, -0.2) is 9.78 Å². The quantitative estimate of drug-likeness (QED) is 0.782. The highest BCUT2D eigenvalue weighted by atomic mass is 32.1. The van der Waals surface area contributed by atoms with Crippen molar-refractivity contribution in [3.05, 3.63) is 10.6 Å². The van der Waals surface area contributed by atoms with Gasteiger partial charge in [-0.2, -0.15) is 10.5 Å². The Morgan fingerprint density at radius 2 is 2.06 bits per heavy atom. The molecule has 0 aromatic carbocycles. The van der Waals surface area contributed by atoms with Crippen LogP contribution in [0.2, 0.25) is 0 Å². The van der Waals surface area contributed by atoms with Crippen molar-refractivity contribution in [3.8, 4) is 12.1 Å². The predicted molar refractivity (Wildman–Crippen MR) is 57.2 cm³/mol. The van der Waals surface area contributed by atoms with Crippen LogP contribution in [0.4, 0.5) is 5.13 Å². The van der Waals surface area contributed by atoms with Gasteiger partial charge in [-0.15, -0.1) is 11.3 Å². The maximum atomic E-state index is 10.8. The number of hydrogen-bond donors (Lipinski definition) is 1. The normalized spacial score (nSPS) is 9.19. The number of anilines is 1. The Hall–Kier alpha value is -2.12. The molecule has 0 fully saturated rings. The zero-order valence-electron chi connectivity index (χ0n) is 8.47. The molecule has 1 aromatic heterocycles. The van der Waals surface area contributed by atoms with Crippen molar-refractivity contribution < 1.29 is 9.90 Å². The number of hydrogen-bond acceptors (Lipinski definition) is 6. The summed E-state index contributed by atoms with van der Waals surface area (Å²) in [6.45, 7) is 1.67. The fourth-order valence-corrected chi connectivity index (χ4v) is 1.98. The molecule has 1 heterocycles. The average molecular weight is 236 g/mol. The summed E-state index contributed by atoms with van der Waals surface area (Å²) in [7, 11) is 0. The molecule has 0 unspecified atom stereocenters. The summed E-state index contributed by atoms with van der Waals surface area (Å²) in [5.41, 5.74) is -0.0270. The van der Waals surface area contributed by atoms with E-state index in [0.717, 1.165) is 11.3 Å². The summed E-state index contributed by atoms with van der Waals surface area (Å²) in [4.78, 5) is 16.7. The van der Waals surface area contributed by atoms with Crippen LogP contribution in [0.1, 0.15) is 15.4 Å². The molecule has 0 saturated heterocycles. The molecule has 82 valence electrons. The van der Waals surface area contributed by atoms with Crippen LogP contribution in [0.5, 0.6) is 0 Å². The van der Waals surface area contributed by atoms with Crippen molar-refractivity contribution in [1.29, 1.82) is 10.5 Å².